The summed E-state index contributed by atoms with van der Waals surface area (Å²) < 4.78 is 1.63. The predicted molar refractivity (Wildman–Crippen MR) is 108 cm³/mol. The molecule has 27 heavy (non-hydrogen) atoms. The molecule has 5 heteroatoms. The number of hydrogen-bond acceptors (Lipinski definition) is 3. The monoisotopic (exact) mass is 362 g/mol. The molecule has 1 amide bonds. The summed E-state index contributed by atoms with van der Waals surface area (Å²) in [6.07, 6.45) is 0. The van der Waals surface area contributed by atoms with Gasteiger partial charge in [0.2, 0.25) is 5.91 Å². The van der Waals surface area contributed by atoms with Gasteiger partial charge in [-0.15, -0.1) is 0 Å². The molecule has 0 bridgehead atoms. The Balaban J connectivity index is 2.53. The van der Waals surface area contributed by atoms with Gasteiger partial charge in [-0.1, -0.05) is 30.3 Å². The number of rotatable bonds is 4. The van der Waals surface area contributed by atoms with E-state index >= 15 is 0 Å². The summed E-state index contributed by atoms with van der Waals surface area (Å²) in [5.74, 6) is -0.459. The number of carbonyl (C=O) groups is 2. The second-order valence-corrected chi connectivity index (χ2v) is 6.85. The number of nitrogens with one attached hydrogen (secondary N) is 1. The van der Waals surface area contributed by atoms with Gasteiger partial charge in [-0.3, -0.25) is 14.4 Å². The molecule has 2 aromatic carbocycles. The molecule has 1 N–H and O–H groups in total. The van der Waals surface area contributed by atoms with Gasteiger partial charge in [-0.25, -0.2) is 0 Å². The fourth-order valence-corrected chi connectivity index (χ4v) is 3.44. The molecule has 138 valence electrons. The highest BCUT2D eigenvalue weighted by molar-refractivity contribution is 6.09. The number of fused-ring (bicyclic) bond motifs is 1. The zero-order chi connectivity index (χ0) is 19.7. The molecule has 0 aliphatic rings. The molecule has 0 fully saturated rings. The quantitative estimate of drug-likeness (QED) is 0.699. The Morgan fingerprint density at radius 1 is 1.00 bits per heavy atom. The zero-order valence-corrected chi connectivity index (χ0v) is 15.9. The van der Waals surface area contributed by atoms with Crippen molar-refractivity contribution < 1.29 is 9.59 Å². The van der Waals surface area contributed by atoms with E-state index in [0.717, 1.165) is 16.5 Å². The van der Waals surface area contributed by atoms with E-state index in [-0.39, 0.29) is 28.9 Å². The van der Waals surface area contributed by atoms with Gasteiger partial charge in [0.1, 0.15) is 0 Å². The van der Waals surface area contributed by atoms with E-state index in [4.69, 9.17) is 0 Å². The first-order chi connectivity index (χ1) is 12.8. The molecule has 1 aromatic heterocycles. The Kier molecular flexibility index (Phi) is 4.95. The number of ketones is 1. The molecule has 0 radical (unpaired) electrons. The number of hydrogen-bond donors (Lipinski definition) is 1. The highest BCUT2D eigenvalue weighted by Gasteiger charge is 2.22. The molecule has 0 unspecified atom stereocenters. The van der Waals surface area contributed by atoms with Crippen LogP contribution in [0.1, 0.15) is 44.1 Å². The molecule has 5 nitrogen and oxygen atoms in total. The first-order valence-corrected chi connectivity index (χ1v) is 8.87. The van der Waals surface area contributed by atoms with Crippen molar-refractivity contribution in [2.75, 3.05) is 5.32 Å². The molecule has 0 atom stereocenters. The smallest absolute Gasteiger partial charge is 0.262 e. The van der Waals surface area contributed by atoms with Gasteiger partial charge in [0.25, 0.3) is 5.56 Å². The van der Waals surface area contributed by atoms with E-state index in [2.05, 4.69) is 5.32 Å². The van der Waals surface area contributed by atoms with Gasteiger partial charge in [0.15, 0.2) is 5.78 Å². The lowest BCUT2D eigenvalue weighted by Crippen LogP contribution is -2.28. The van der Waals surface area contributed by atoms with E-state index in [9.17, 15) is 14.4 Å². The van der Waals surface area contributed by atoms with Crippen molar-refractivity contribution in [1.29, 1.82) is 0 Å². The summed E-state index contributed by atoms with van der Waals surface area (Å²) in [4.78, 5) is 37.1. The molecule has 0 aliphatic heterocycles. The minimum atomic E-state index is -0.295. The van der Waals surface area contributed by atoms with Crippen LogP contribution in [0.15, 0.2) is 53.3 Å². The minimum absolute atomic E-state index is 0.116. The molecule has 3 rings (SSSR count). The lowest BCUT2D eigenvalue weighted by atomic mass is 9.93. The second kappa shape index (κ2) is 7.19. The standard InChI is InChI=1S/C22H22N2O3/c1-13(2)24-19-11-10-17(23-15(4)26)12-18(19)21(16-8-6-5-7-9-16)20(14(3)25)22(24)27/h5-13H,1-4H3,(H,23,26). The van der Waals surface area contributed by atoms with E-state index in [1.165, 1.54) is 13.8 Å². The molecule has 0 saturated carbocycles. The Labute approximate surface area is 157 Å². The molecule has 0 spiro atoms. The van der Waals surface area contributed by atoms with E-state index < -0.39 is 0 Å². The number of Topliss-reactive ketones (excluding diaryl/α,β-unsaturated/α-hetero) is 1. The average Bonchev–Trinajstić information content (AvgIpc) is 2.60. The van der Waals surface area contributed by atoms with Gasteiger partial charge < -0.3 is 9.88 Å². The van der Waals surface area contributed by atoms with Crippen molar-refractivity contribution in [3.8, 4) is 11.1 Å². The van der Waals surface area contributed by atoms with Crippen molar-refractivity contribution >= 4 is 28.3 Å². The van der Waals surface area contributed by atoms with E-state index in [1.54, 1.807) is 10.6 Å². The first kappa shape index (κ1) is 18.6. The third-order valence-electron chi connectivity index (χ3n) is 4.46. The number of benzene rings is 2. The molecular formula is C22H22N2O3. The van der Waals surface area contributed by atoms with Crippen LogP contribution in [-0.2, 0) is 4.79 Å². The topological polar surface area (TPSA) is 68.2 Å². The second-order valence-electron chi connectivity index (χ2n) is 6.85. The highest BCUT2D eigenvalue weighted by atomic mass is 16.2. The van der Waals surface area contributed by atoms with Crippen LogP contribution >= 0.6 is 0 Å². The third kappa shape index (κ3) is 3.40. The predicted octanol–water partition coefficient (Wildman–Crippen LogP) is 4.41. The van der Waals surface area contributed by atoms with Crippen LogP contribution in [0.3, 0.4) is 0 Å². The summed E-state index contributed by atoms with van der Waals surface area (Å²) in [6.45, 7) is 6.68. The molecular weight excluding hydrogens is 340 g/mol. The summed E-state index contributed by atoms with van der Waals surface area (Å²) in [5, 5.41) is 3.53. The first-order valence-electron chi connectivity index (χ1n) is 8.87. The lowest BCUT2D eigenvalue weighted by Gasteiger charge is -2.20. The number of aromatic nitrogens is 1. The van der Waals surface area contributed by atoms with Gasteiger partial charge in [0.05, 0.1) is 11.1 Å². The summed E-state index contributed by atoms with van der Waals surface area (Å²) in [6, 6.07) is 14.7. The maximum absolute atomic E-state index is 13.2. The Hall–Kier alpha value is -3.21. The number of carbonyl (C=O) groups excluding carboxylic acids is 2. The van der Waals surface area contributed by atoms with Gasteiger partial charge in [-0.2, -0.15) is 0 Å². The Morgan fingerprint density at radius 3 is 2.22 bits per heavy atom. The van der Waals surface area contributed by atoms with Gasteiger partial charge in [0, 0.05) is 29.6 Å². The largest absolute Gasteiger partial charge is 0.326 e. The number of anilines is 1. The highest BCUT2D eigenvalue weighted by Crippen LogP contribution is 2.33. The van der Waals surface area contributed by atoms with Crippen molar-refractivity contribution in [3.05, 3.63) is 64.4 Å². The average molecular weight is 362 g/mol. The number of amides is 1. The van der Waals surface area contributed by atoms with E-state index in [1.807, 2.05) is 56.3 Å². The van der Waals surface area contributed by atoms with Crippen molar-refractivity contribution in [2.24, 2.45) is 0 Å². The van der Waals surface area contributed by atoms with Crippen molar-refractivity contribution in [1.82, 2.24) is 4.57 Å². The number of nitrogens with zero attached hydrogens (tertiary/aromatic N) is 1. The Morgan fingerprint density at radius 2 is 1.67 bits per heavy atom. The summed E-state index contributed by atoms with van der Waals surface area (Å²) >= 11 is 0. The normalized spacial score (nSPS) is 11.0. The fraction of sp³-hybridized carbons (Fsp3) is 0.227. The number of pyridine rings is 1. The van der Waals surface area contributed by atoms with Crippen molar-refractivity contribution in [2.45, 2.75) is 33.7 Å². The Bertz CT molecular complexity index is 1100. The third-order valence-corrected chi connectivity index (χ3v) is 4.46. The molecule has 3 aromatic rings. The van der Waals surface area contributed by atoms with Crippen LogP contribution in [0, 0.1) is 0 Å². The SMILES string of the molecule is CC(=O)Nc1ccc2c(c1)c(-c1ccccc1)c(C(C)=O)c(=O)n2C(C)C. The summed E-state index contributed by atoms with van der Waals surface area (Å²) in [7, 11) is 0. The van der Waals surface area contributed by atoms with Crippen LogP contribution in [0.25, 0.3) is 22.0 Å². The van der Waals surface area contributed by atoms with E-state index in [0.29, 0.717) is 11.3 Å². The van der Waals surface area contributed by atoms with Crippen molar-refractivity contribution in [3.63, 3.8) is 0 Å². The van der Waals surface area contributed by atoms with Crippen LogP contribution in [-0.4, -0.2) is 16.3 Å². The van der Waals surface area contributed by atoms with Gasteiger partial charge in [-0.05, 0) is 44.5 Å². The van der Waals surface area contributed by atoms with Crippen LogP contribution < -0.4 is 10.9 Å². The van der Waals surface area contributed by atoms with Crippen LogP contribution in [0.4, 0.5) is 5.69 Å². The molecule has 0 aliphatic carbocycles. The maximum Gasteiger partial charge on any atom is 0.262 e. The molecule has 1 heterocycles. The maximum atomic E-state index is 13.2. The van der Waals surface area contributed by atoms with Gasteiger partial charge >= 0.3 is 0 Å². The fourth-order valence-electron chi connectivity index (χ4n) is 3.44. The summed E-state index contributed by atoms with van der Waals surface area (Å²) in [5.41, 5.74) is 2.62. The molecule has 0 saturated heterocycles. The van der Waals surface area contributed by atoms with Crippen LogP contribution in [0.5, 0.6) is 0 Å². The van der Waals surface area contributed by atoms with Crippen LogP contribution in [0.2, 0.25) is 0 Å². The zero-order valence-electron chi connectivity index (χ0n) is 15.9. The lowest BCUT2D eigenvalue weighted by molar-refractivity contribution is -0.114. The minimum Gasteiger partial charge on any atom is -0.326 e.